The van der Waals surface area contributed by atoms with Crippen molar-refractivity contribution in [3.05, 3.63) is 0 Å². The van der Waals surface area contributed by atoms with Gasteiger partial charge in [-0.2, -0.15) is 0 Å². The molecule has 0 unspecified atom stereocenters. The maximum absolute atomic E-state index is 11.5. The Bertz CT molecular complexity index is 191. The number of carbonyl (C=O) groups is 1. The first-order valence-corrected chi connectivity index (χ1v) is 5.42. The summed E-state index contributed by atoms with van der Waals surface area (Å²) in [6, 6.07) is 0.669. The first kappa shape index (κ1) is 11.3. The Balaban J connectivity index is 0.00000196. The van der Waals surface area contributed by atoms with Crippen LogP contribution in [0.25, 0.3) is 0 Å². The van der Waals surface area contributed by atoms with Crippen LogP contribution in [0.15, 0.2) is 0 Å². The smallest absolute Gasteiger partial charge is 0.317 e. The van der Waals surface area contributed by atoms with Gasteiger partial charge in [0, 0.05) is 40.2 Å². The SMILES string of the molecule is CCNC(=O)N1CCN(C(C)C)CC1.[HH]. The van der Waals surface area contributed by atoms with Crippen LogP contribution in [0, 0.1) is 0 Å². The Morgan fingerprint density at radius 2 is 1.93 bits per heavy atom. The van der Waals surface area contributed by atoms with E-state index < -0.39 is 0 Å². The molecule has 1 heterocycles. The maximum Gasteiger partial charge on any atom is 0.317 e. The minimum atomic E-state index is 0. The second-order valence-corrected chi connectivity index (χ2v) is 3.95. The van der Waals surface area contributed by atoms with E-state index in [9.17, 15) is 4.79 Å². The van der Waals surface area contributed by atoms with E-state index in [1.807, 2.05) is 11.8 Å². The summed E-state index contributed by atoms with van der Waals surface area (Å²) < 4.78 is 0. The average Bonchev–Trinajstić information content (AvgIpc) is 2.18. The maximum atomic E-state index is 11.5. The molecule has 4 nitrogen and oxygen atoms in total. The van der Waals surface area contributed by atoms with Gasteiger partial charge >= 0.3 is 6.03 Å². The lowest BCUT2D eigenvalue weighted by Gasteiger charge is -2.36. The van der Waals surface area contributed by atoms with Gasteiger partial charge in [0.25, 0.3) is 0 Å². The van der Waals surface area contributed by atoms with Crippen LogP contribution in [0.1, 0.15) is 22.2 Å². The highest BCUT2D eigenvalue weighted by molar-refractivity contribution is 5.74. The third kappa shape index (κ3) is 2.87. The fourth-order valence-electron chi connectivity index (χ4n) is 1.70. The first-order chi connectivity index (χ1) is 6.65. The van der Waals surface area contributed by atoms with Crippen molar-refractivity contribution in [2.75, 3.05) is 32.7 Å². The topological polar surface area (TPSA) is 35.6 Å². The van der Waals surface area contributed by atoms with E-state index in [0.29, 0.717) is 12.6 Å². The average molecular weight is 201 g/mol. The number of hydrogen-bond donors (Lipinski definition) is 1. The Morgan fingerprint density at radius 1 is 1.36 bits per heavy atom. The Labute approximate surface area is 87.7 Å². The van der Waals surface area contributed by atoms with Crippen LogP contribution in [0.5, 0.6) is 0 Å². The van der Waals surface area contributed by atoms with Gasteiger partial charge in [0.15, 0.2) is 0 Å². The van der Waals surface area contributed by atoms with Gasteiger partial charge in [-0.1, -0.05) is 0 Å². The summed E-state index contributed by atoms with van der Waals surface area (Å²) in [6.45, 7) is 10.7. The molecule has 0 aromatic carbocycles. The highest BCUT2D eigenvalue weighted by Gasteiger charge is 2.21. The lowest BCUT2D eigenvalue weighted by Crippen LogP contribution is -2.53. The number of nitrogens with zero attached hydrogens (tertiary/aromatic N) is 2. The third-order valence-electron chi connectivity index (χ3n) is 2.66. The molecule has 0 radical (unpaired) electrons. The molecule has 84 valence electrons. The molecule has 1 N–H and O–H groups in total. The molecule has 4 heteroatoms. The second-order valence-electron chi connectivity index (χ2n) is 3.95. The normalized spacial score (nSPS) is 18.7. The van der Waals surface area contributed by atoms with Gasteiger partial charge in [0.05, 0.1) is 0 Å². The molecule has 1 fully saturated rings. The van der Waals surface area contributed by atoms with Gasteiger partial charge in [-0.15, -0.1) is 0 Å². The molecule has 0 aromatic heterocycles. The predicted molar refractivity (Wildman–Crippen MR) is 59.5 cm³/mol. The van der Waals surface area contributed by atoms with Crippen molar-refractivity contribution in [3.8, 4) is 0 Å². The van der Waals surface area contributed by atoms with Crippen LogP contribution >= 0.6 is 0 Å². The van der Waals surface area contributed by atoms with Crippen molar-refractivity contribution in [2.45, 2.75) is 26.8 Å². The Kier molecular flexibility index (Phi) is 4.20. The molecule has 1 rings (SSSR count). The minimum absolute atomic E-state index is 0. The van der Waals surface area contributed by atoms with E-state index in [1.165, 1.54) is 0 Å². The van der Waals surface area contributed by atoms with Crippen LogP contribution in [-0.2, 0) is 0 Å². The summed E-state index contributed by atoms with van der Waals surface area (Å²) in [5, 5.41) is 2.83. The van der Waals surface area contributed by atoms with E-state index in [1.54, 1.807) is 0 Å². The van der Waals surface area contributed by atoms with E-state index >= 15 is 0 Å². The van der Waals surface area contributed by atoms with Crippen molar-refractivity contribution in [1.29, 1.82) is 0 Å². The summed E-state index contributed by atoms with van der Waals surface area (Å²) in [6.07, 6.45) is 0. The molecule has 2 amide bonds. The molecule has 0 aliphatic carbocycles. The highest BCUT2D eigenvalue weighted by atomic mass is 16.2. The van der Waals surface area contributed by atoms with Crippen LogP contribution in [0.2, 0.25) is 0 Å². The van der Waals surface area contributed by atoms with E-state index in [0.717, 1.165) is 26.2 Å². The number of amides is 2. The van der Waals surface area contributed by atoms with Crippen molar-refractivity contribution in [1.82, 2.24) is 15.1 Å². The summed E-state index contributed by atoms with van der Waals surface area (Å²) in [7, 11) is 0. The lowest BCUT2D eigenvalue weighted by atomic mass is 10.2. The van der Waals surface area contributed by atoms with Gasteiger partial charge in [-0.3, -0.25) is 4.90 Å². The summed E-state index contributed by atoms with van der Waals surface area (Å²) in [5.41, 5.74) is 0. The molecular formula is C10H23N3O. The summed E-state index contributed by atoms with van der Waals surface area (Å²) >= 11 is 0. The predicted octanol–water partition coefficient (Wildman–Crippen LogP) is 0.988. The number of carbonyl (C=O) groups excluding carboxylic acids is 1. The number of hydrogen-bond acceptors (Lipinski definition) is 2. The van der Waals surface area contributed by atoms with Crippen molar-refractivity contribution in [3.63, 3.8) is 0 Å². The van der Waals surface area contributed by atoms with Crippen molar-refractivity contribution in [2.24, 2.45) is 0 Å². The molecular weight excluding hydrogens is 178 g/mol. The van der Waals surface area contributed by atoms with Gasteiger partial charge in [-0.05, 0) is 20.8 Å². The van der Waals surface area contributed by atoms with Crippen LogP contribution < -0.4 is 5.32 Å². The molecule has 0 saturated carbocycles. The quantitative estimate of drug-likeness (QED) is 0.723. The van der Waals surface area contributed by atoms with Crippen LogP contribution in [0.4, 0.5) is 4.79 Å². The standard InChI is InChI=1S/C10H21N3O.H2/c1-4-11-10(14)13-7-5-12(6-8-13)9(2)3;/h9H,4-8H2,1-3H3,(H,11,14);1H. The zero-order valence-corrected chi connectivity index (χ0v) is 9.42. The summed E-state index contributed by atoms with van der Waals surface area (Å²) in [5.74, 6) is 0. The van der Waals surface area contributed by atoms with E-state index in [4.69, 9.17) is 0 Å². The molecule has 1 aliphatic heterocycles. The number of nitrogens with one attached hydrogen (secondary N) is 1. The Morgan fingerprint density at radius 3 is 2.36 bits per heavy atom. The highest BCUT2D eigenvalue weighted by Crippen LogP contribution is 2.05. The van der Waals surface area contributed by atoms with E-state index in [2.05, 4.69) is 24.1 Å². The number of urea groups is 1. The monoisotopic (exact) mass is 201 g/mol. The summed E-state index contributed by atoms with van der Waals surface area (Å²) in [4.78, 5) is 15.8. The molecule has 0 bridgehead atoms. The van der Waals surface area contributed by atoms with Gasteiger partial charge in [0.1, 0.15) is 0 Å². The molecule has 0 spiro atoms. The number of piperazine rings is 1. The largest absolute Gasteiger partial charge is 0.338 e. The van der Waals surface area contributed by atoms with Gasteiger partial charge in [-0.25, -0.2) is 4.79 Å². The molecule has 14 heavy (non-hydrogen) atoms. The number of rotatable bonds is 2. The second kappa shape index (κ2) is 5.20. The van der Waals surface area contributed by atoms with Crippen molar-refractivity contribution < 1.29 is 6.22 Å². The van der Waals surface area contributed by atoms with Gasteiger partial charge < -0.3 is 10.2 Å². The lowest BCUT2D eigenvalue weighted by molar-refractivity contribution is 0.119. The Hall–Kier alpha value is -0.770. The zero-order valence-electron chi connectivity index (χ0n) is 9.42. The van der Waals surface area contributed by atoms with Crippen LogP contribution in [0.3, 0.4) is 0 Å². The van der Waals surface area contributed by atoms with Crippen molar-refractivity contribution >= 4 is 6.03 Å². The first-order valence-electron chi connectivity index (χ1n) is 5.42. The minimum Gasteiger partial charge on any atom is -0.338 e. The fourth-order valence-corrected chi connectivity index (χ4v) is 1.70. The van der Waals surface area contributed by atoms with Crippen LogP contribution in [-0.4, -0.2) is 54.6 Å². The fraction of sp³-hybridized carbons (Fsp3) is 0.900. The van der Waals surface area contributed by atoms with Gasteiger partial charge in [0.2, 0.25) is 0 Å². The molecule has 0 aromatic rings. The third-order valence-corrected chi connectivity index (χ3v) is 2.66. The van der Waals surface area contributed by atoms with E-state index in [-0.39, 0.29) is 7.46 Å². The molecule has 0 atom stereocenters. The molecule has 1 saturated heterocycles. The zero-order chi connectivity index (χ0) is 10.6. The molecule has 1 aliphatic rings.